The number of anilines is 1. The SMILES string of the molecule is CCC(Cc1ccccc1)Nc1nccs1. The highest BCUT2D eigenvalue weighted by Crippen LogP contribution is 2.15. The number of hydrogen-bond donors (Lipinski definition) is 1. The van der Waals surface area contributed by atoms with E-state index >= 15 is 0 Å². The molecule has 0 aliphatic heterocycles. The topological polar surface area (TPSA) is 24.9 Å². The third kappa shape index (κ3) is 3.07. The first-order chi connectivity index (χ1) is 7.88. The van der Waals surface area contributed by atoms with E-state index in [0.29, 0.717) is 6.04 Å². The molecule has 2 rings (SSSR count). The molecule has 3 heteroatoms. The van der Waals surface area contributed by atoms with E-state index in [1.54, 1.807) is 11.3 Å². The van der Waals surface area contributed by atoms with Crippen molar-refractivity contribution in [2.75, 3.05) is 5.32 Å². The van der Waals surface area contributed by atoms with Crippen molar-refractivity contribution in [3.8, 4) is 0 Å². The lowest BCUT2D eigenvalue weighted by Crippen LogP contribution is -2.21. The number of benzene rings is 1. The maximum atomic E-state index is 4.25. The van der Waals surface area contributed by atoms with Gasteiger partial charge in [0.25, 0.3) is 0 Å². The van der Waals surface area contributed by atoms with E-state index in [0.717, 1.165) is 18.0 Å². The molecule has 1 unspecified atom stereocenters. The normalized spacial score (nSPS) is 12.3. The van der Waals surface area contributed by atoms with Gasteiger partial charge in [-0.1, -0.05) is 37.3 Å². The van der Waals surface area contributed by atoms with Crippen LogP contribution >= 0.6 is 11.3 Å². The number of rotatable bonds is 5. The highest BCUT2D eigenvalue weighted by molar-refractivity contribution is 7.13. The Morgan fingerprint density at radius 1 is 1.31 bits per heavy atom. The number of aromatic nitrogens is 1. The van der Waals surface area contributed by atoms with E-state index in [2.05, 4.69) is 47.6 Å². The zero-order chi connectivity index (χ0) is 11.2. The summed E-state index contributed by atoms with van der Waals surface area (Å²) < 4.78 is 0. The van der Waals surface area contributed by atoms with E-state index in [1.165, 1.54) is 5.56 Å². The van der Waals surface area contributed by atoms with Crippen molar-refractivity contribution in [1.29, 1.82) is 0 Å². The fourth-order valence-corrected chi connectivity index (χ4v) is 2.27. The highest BCUT2D eigenvalue weighted by atomic mass is 32.1. The number of nitrogens with one attached hydrogen (secondary N) is 1. The Hall–Kier alpha value is -1.35. The van der Waals surface area contributed by atoms with Crippen LogP contribution in [0.1, 0.15) is 18.9 Å². The summed E-state index contributed by atoms with van der Waals surface area (Å²) in [6.07, 6.45) is 3.99. The van der Waals surface area contributed by atoms with Gasteiger partial charge in [-0.3, -0.25) is 0 Å². The zero-order valence-electron chi connectivity index (χ0n) is 9.39. The van der Waals surface area contributed by atoms with Crippen LogP contribution in [0.5, 0.6) is 0 Å². The lowest BCUT2D eigenvalue weighted by atomic mass is 10.0. The largest absolute Gasteiger partial charge is 0.358 e. The fourth-order valence-electron chi connectivity index (χ4n) is 1.67. The van der Waals surface area contributed by atoms with Crippen molar-refractivity contribution in [1.82, 2.24) is 4.98 Å². The van der Waals surface area contributed by atoms with Crippen LogP contribution in [0.25, 0.3) is 0 Å². The standard InChI is InChI=1S/C13H16N2S/c1-2-12(15-13-14-8-9-16-13)10-11-6-4-3-5-7-11/h3-9,12H,2,10H2,1H3,(H,14,15). The van der Waals surface area contributed by atoms with Crippen molar-refractivity contribution in [2.24, 2.45) is 0 Å². The molecule has 1 atom stereocenters. The van der Waals surface area contributed by atoms with E-state index in [4.69, 9.17) is 0 Å². The van der Waals surface area contributed by atoms with Crippen LogP contribution in [-0.2, 0) is 6.42 Å². The molecule has 0 amide bonds. The minimum atomic E-state index is 0.466. The van der Waals surface area contributed by atoms with Gasteiger partial charge in [0.15, 0.2) is 5.13 Å². The third-order valence-corrected chi connectivity index (χ3v) is 3.28. The number of hydrogen-bond acceptors (Lipinski definition) is 3. The van der Waals surface area contributed by atoms with Crippen LogP contribution in [0.3, 0.4) is 0 Å². The second-order valence-electron chi connectivity index (χ2n) is 3.78. The highest BCUT2D eigenvalue weighted by Gasteiger charge is 2.07. The molecule has 2 nitrogen and oxygen atoms in total. The molecule has 0 saturated carbocycles. The van der Waals surface area contributed by atoms with Gasteiger partial charge in [0.1, 0.15) is 0 Å². The Morgan fingerprint density at radius 2 is 2.12 bits per heavy atom. The summed E-state index contributed by atoms with van der Waals surface area (Å²) in [6.45, 7) is 2.20. The summed E-state index contributed by atoms with van der Waals surface area (Å²) in [5.74, 6) is 0. The van der Waals surface area contributed by atoms with Crippen molar-refractivity contribution >= 4 is 16.5 Å². The fraction of sp³-hybridized carbons (Fsp3) is 0.308. The maximum Gasteiger partial charge on any atom is 0.182 e. The van der Waals surface area contributed by atoms with Gasteiger partial charge in [-0.2, -0.15) is 0 Å². The number of thiazole rings is 1. The number of nitrogens with zero attached hydrogens (tertiary/aromatic N) is 1. The molecule has 0 fully saturated rings. The molecule has 0 spiro atoms. The van der Waals surface area contributed by atoms with Crippen LogP contribution in [-0.4, -0.2) is 11.0 Å². The van der Waals surface area contributed by atoms with Gasteiger partial charge in [0, 0.05) is 17.6 Å². The van der Waals surface area contributed by atoms with E-state index in [1.807, 2.05) is 11.6 Å². The van der Waals surface area contributed by atoms with Gasteiger partial charge in [0.05, 0.1) is 0 Å². The van der Waals surface area contributed by atoms with Gasteiger partial charge in [-0.25, -0.2) is 4.98 Å². The molecule has 2 aromatic rings. The van der Waals surface area contributed by atoms with Crippen molar-refractivity contribution in [2.45, 2.75) is 25.8 Å². The van der Waals surface area contributed by atoms with Crippen molar-refractivity contribution in [3.63, 3.8) is 0 Å². The molecule has 1 aromatic heterocycles. The summed E-state index contributed by atoms with van der Waals surface area (Å²) in [6, 6.07) is 11.0. The first kappa shape index (κ1) is 11.1. The summed E-state index contributed by atoms with van der Waals surface area (Å²) in [4.78, 5) is 4.25. The molecule has 84 valence electrons. The summed E-state index contributed by atoms with van der Waals surface area (Å²) in [5, 5.41) is 6.48. The molecular formula is C13H16N2S. The lowest BCUT2D eigenvalue weighted by Gasteiger charge is -2.16. The molecule has 0 bridgehead atoms. The van der Waals surface area contributed by atoms with E-state index < -0.39 is 0 Å². The van der Waals surface area contributed by atoms with Crippen LogP contribution < -0.4 is 5.32 Å². The Balaban J connectivity index is 1.96. The van der Waals surface area contributed by atoms with Gasteiger partial charge >= 0.3 is 0 Å². The molecule has 0 aliphatic rings. The molecular weight excluding hydrogens is 216 g/mol. The Bertz CT molecular complexity index is 397. The smallest absolute Gasteiger partial charge is 0.182 e. The minimum absolute atomic E-state index is 0.466. The molecule has 0 aliphatic carbocycles. The third-order valence-electron chi connectivity index (χ3n) is 2.58. The Morgan fingerprint density at radius 3 is 2.75 bits per heavy atom. The predicted molar refractivity (Wildman–Crippen MR) is 70.0 cm³/mol. The second kappa shape index (κ2) is 5.66. The average Bonchev–Trinajstić information content (AvgIpc) is 2.82. The molecule has 0 saturated heterocycles. The summed E-state index contributed by atoms with van der Waals surface area (Å²) >= 11 is 1.65. The first-order valence-electron chi connectivity index (χ1n) is 5.58. The van der Waals surface area contributed by atoms with Gasteiger partial charge < -0.3 is 5.32 Å². The van der Waals surface area contributed by atoms with Crippen molar-refractivity contribution in [3.05, 3.63) is 47.5 Å². The van der Waals surface area contributed by atoms with E-state index in [9.17, 15) is 0 Å². The minimum Gasteiger partial charge on any atom is -0.358 e. The quantitative estimate of drug-likeness (QED) is 0.852. The van der Waals surface area contributed by atoms with Crippen LogP contribution in [0.2, 0.25) is 0 Å². The predicted octanol–water partition coefficient (Wildman–Crippen LogP) is 3.58. The van der Waals surface area contributed by atoms with Gasteiger partial charge in [-0.05, 0) is 18.4 Å². The molecule has 1 aromatic carbocycles. The molecule has 1 N–H and O–H groups in total. The lowest BCUT2D eigenvalue weighted by molar-refractivity contribution is 0.689. The maximum absolute atomic E-state index is 4.25. The molecule has 1 heterocycles. The van der Waals surface area contributed by atoms with Gasteiger partial charge in [-0.15, -0.1) is 11.3 Å². The van der Waals surface area contributed by atoms with E-state index in [-0.39, 0.29) is 0 Å². The van der Waals surface area contributed by atoms with Crippen LogP contribution in [0, 0.1) is 0 Å². The molecule has 16 heavy (non-hydrogen) atoms. The average molecular weight is 232 g/mol. The monoisotopic (exact) mass is 232 g/mol. The second-order valence-corrected chi connectivity index (χ2v) is 4.67. The van der Waals surface area contributed by atoms with Crippen LogP contribution in [0.4, 0.5) is 5.13 Å². The van der Waals surface area contributed by atoms with Crippen molar-refractivity contribution < 1.29 is 0 Å². The first-order valence-corrected chi connectivity index (χ1v) is 6.46. The summed E-state index contributed by atoms with van der Waals surface area (Å²) in [5.41, 5.74) is 1.37. The Labute approximate surface area is 100 Å². The summed E-state index contributed by atoms with van der Waals surface area (Å²) in [7, 11) is 0. The van der Waals surface area contributed by atoms with Crippen LogP contribution in [0.15, 0.2) is 41.9 Å². The van der Waals surface area contributed by atoms with Gasteiger partial charge in [0.2, 0.25) is 0 Å². The zero-order valence-corrected chi connectivity index (χ0v) is 10.2. The Kier molecular flexibility index (Phi) is 3.94. The molecule has 0 radical (unpaired) electrons.